The minimum atomic E-state index is -2.54. The van der Waals surface area contributed by atoms with Crippen LogP contribution in [0.25, 0.3) is 28.1 Å². The van der Waals surface area contributed by atoms with Crippen molar-refractivity contribution in [1.82, 2.24) is 38.5 Å². The summed E-state index contributed by atoms with van der Waals surface area (Å²) in [6, 6.07) is 18.6. The third-order valence-electron chi connectivity index (χ3n) is 13.5. The molecule has 63 heavy (non-hydrogen) atoms. The van der Waals surface area contributed by atoms with Gasteiger partial charge >= 0.3 is 11.4 Å². The van der Waals surface area contributed by atoms with Crippen LogP contribution in [0.3, 0.4) is 0 Å². The second-order valence-corrected chi connectivity index (χ2v) is 21.1. The number of hydrogen-bond donors (Lipinski definition) is 1. The predicted octanol–water partition coefficient (Wildman–Crippen LogP) is 7.45. The summed E-state index contributed by atoms with van der Waals surface area (Å²) in [5, 5.41) is 10.7. The van der Waals surface area contributed by atoms with Crippen molar-refractivity contribution in [2.75, 3.05) is 32.6 Å². The zero-order valence-electron chi connectivity index (χ0n) is 35.6. The van der Waals surface area contributed by atoms with Gasteiger partial charge < -0.3 is 18.8 Å². The van der Waals surface area contributed by atoms with Crippen molar-refractivity contribution < 1.29 is 23.0 Å². The van der Waals surface area contributed by atoms with Crippen LogP contribution in [0.15, 0.2) is 87.2 Å². The van der Waals surface area contributed by atoms with Crippen molar-refractivity contribution in [2.24, 2.45) is 5.92 Å². The average Bonchev–Trinajstić information content (AvgIpc) is 3.78. The molecular formula is C46H47ClFN8O6P. The Morgan fingerprint density at radius 1 is 1.00 bits per heavy atom. The molecule has 10 rings (SSSR count). The van der Waals surface area contributed by atoms with Crippen LogP contribution in [-0.4, -0.2) is 77.0 Å². The van der Waals surface area contributed by atoms with E-state index < -0.39 is 29.6 Å². The first-order valence-electron chi connectivity index (χ1n) is 21.3. The summed E-state index contributed by atoms with van der Waals surface area (Å²) < 4.78 is 45.4. The Hall–Kier alpha value is -5.76. The maximum atomic E-state index is 15.4. The Morgan fingerprint density at radius 3 is 2.35 bits per heavy atom. The number of fused-ring (bicyclic) bond motifs is 2. The summed E-state index contributed by atoms with van der Waals surface area (Å²) in [5.41, 5.74) is 2.87. The number of nitrogens with one attached hydrogen (secondary N) is 1. The maximum absolute atomic E-state index is 15.4. The minimum Gasteiger partial charge on any atom is -0.381 e. The highest BCUT2D eigenvalue weighted by Gasteiger charge is 2.59. The lowest BCUT2D eigenvalue weighted by atomic mass is 9.91. The molecule has 6 heterocycles. The molecule has 1 aliphatic carbocycles. The molecule has 0 bridgehead atoms. The number of imidazole rings is 1. The molecule has 326 valence electrons. The number of benzene rings is 3. The number of H-pyrrole nitrogens is 1. The Kier molecular flexibility index (Phi) is 9.96. The van der Waals surface area contributed by atoms with Gasteiger partial charge in [-0.25, -0.2) is 18.7 Å². The van der Waals surface area contributed by atoms with Crippen molar-refractivity contribution in [1.29, 1.82) is 0 Å². The molecule has 3 aliphatic rings. The van der Waals surface area contributed by atoms with Crippen LogP contribution in [0.2, 0.25) is 0 Å². The molecule has 1 amide bonds. The van der Waals surface area contributed by atoms with Gasteiger partial charge in [-0.05, 0) is 123 Å². The number of carbonyl (C=O) groups is 1. The van der Waals surface area contributed by atoms with Gasteiger partial charge in [0.05, 0.1) is 22.6 Å². The zero-order valence-corrected chi connectivity index (χ0v) is 37.3. The minimum absolute atomic E-state index is 0.00646. The van der Waals surface area contributed by atoms with Crippen LogP contribution in [0.1, 0.15) is 88.8 Å². The van der Waals surface area contributed by atoms with Gasteiger partial charge in [-0.15, -0.1) is 0 Å². The average molecular weight is 893 g/mol. The lowest BCUT2D eigenvalue weighted by Crippen LogP contribution is -2.40. The van der Waals surface area contributed by atoms with Gasteiger partial charge in [0.2, 0.25) is 0 Å². The summed E-state index contributed by atoms with van der Waals surface area (Å²) in [6.07, 6.45) is 6.48. The monoisotopic (exact) mass is 892 g/mol. The smallest absolute Gasteiger partial charge is 0.381 e. The molecule has 1 saturated heterocycles. The number of aryl methyl sites for hydroxylation is 2. The molecular weight excluding hydrogens is 846 g/mol. The van der Waals surface area contributed by atoms with E-state index in [1.165, 1.54) is 9.13 Å². The molecule has 2 fully saturated rings. The van der Waals surface area contributed by atoms with E-state index in [0.29, 0.717) is 89.2 Å². The van der Waals surface area contributed by atoms with Crippen LogP contribution >= 0.6 is 18.7 Å². The number of amides is 1. The van der Waals surface area contributed by atoms with Crippen molar-refractivity contribution >= 4 is 40.9 Å². The summed E-state index contributed by atoms with van der Waals surface area (Å²) in [7, 11) is -2.54. The molecule has 4 atom stereocenters. The lowest BCUT2D eigenvalue weighted by molar-refractivity contribution is 0.0709. The third kappa shape index (κ3) is 6.61. The first-order chi connectivity index (χ1) is 30.2. The first kappa shape index (κ1) is 41.3. The second kappa shape index (κ2) is 15.2. The molecule has 2 aliphatic heterocycles. The third-order valence-corrected chi connectivity index (χ3v) is 16.6. The molecule has 1 saturated carbocycles. The van der Waals surface area contributed by atoms with Crippen LogP contribution < -0.4 is 16.8 Å². The highest BCUT2D eigenvalue weighted by atomic mass is 35.5. The number of nitrogens with zero attached hydrogens (tertiary/aromatic N) is 7. The number of hydrogen-bond acceptors (Lipinski definition) is 8. The normalized spacial score (nSPS) is 21.2. The topological polar surface area (TPSA) is 155 Å². The molecule has 0 radical (unpaired) electrons. The van der Waals surface area contributed by atoms with E-state index in [0.717, 1.165) is 34.6 Å². The number of aromatic amines is 1. The summed E-state index contributed by atoms with van der Waals surface area (Å²) in [5.74, 6) is -0.422. The molecule has 17 heteroatoms. The van der Waals surface area contributed by atoms with E-state index in [9.17, 15) is 14.2 Å². The fourth-order valence-corrected chi connectivity index (χ4v) is 11.3. The quantitative estimate of drug-likeness (QED) is 0.0891. The fourth-order valence-electron chi connectivity index (χ4n) is 9.72. The molecule has 1 unspecified atom stereocenters. The van der Waals surface area contributed by atoms with Gasteiger partial charge in [-0.3, -0.25) is 23.4 Å². The van der Waals surface area contributed by atoms with Crippen LogP contribution in [-0.2, 0) is 21.3 Å². The Balaban J connectivity index is 1.11. The van der Waals surface area contributed by atoms with Crippen molar-refractivity contribution in [3.8, 4) is 17.2 Å². The van der Waals surface area contributed by atoms with E-state index in [1.54, 1.807) is 78.9 Å². The molecule has 7 aromatic rings. The summed E-state index contributed by atoms with van der Waals surface area (Å²) in [6.45, 7) is 10.6. The highest BCUT2D eigenvalue weighted by Crippen LogP contribution is 2.56. The van der Waals surface area contributed by atoms with Gasteiger partial charge in [0.1, 0.15) is 29.7 Å². The van der Waals surface area contributed by atoms with E-state index in [1.807, 2.05) is 30.5 Å². The van der Waals surface area contributed by atoms with Crippen molar-refractivity contribution in [2.45, 2.75) is 70.3 Å². The van der Waals surface area contributed by atoms with Gasteiger partial charge in [0.25, 0.3) is 5.91 Å². The van der Waals surface area contributed by atoms with Crippen molar-refractivity contribution in [3.05, 3.63) is 139 Å². The Labute approximate surface area is 366 Å². The standard InChI is InChI=1S/C46H47ClFN8O6P/c1-6-63(5,60)34-10-8-32(9-11-34)52-17-18-54(45(52)59)41-38-35(50-56(41)33-21-26(2)39(48)27(3)22-33)13-16-53(40(38)47)42(57)37-24-31-23-30(29-14-19-61-20-15-29)7-12-36(31)55(37)46(25-28(46)4)43-49-44(58)62-51-43/h7-12,17-18,21-24,28-29,40H,6,13-16,19-20,25H2,1-5H3,(H,49,51,58)/t28-,40+,46-,63?/m0/s1. The number of rotatable bonds is 9. The van der Waals surface area contributed by atoms with E-state index in [2.05, 4.69) is 22.3 Å². The van der Waals surface area contributed by atoms with E-state index in [-0.39, 0.29) is 24.2 Å². The van der Waals surface area contributed by atoms with Crippen molar-refractivity contribution in [3.63, 3.8) is 0 Å². The van der Waals surface area contributed by atoms with Gasteiger partial charge in [0.15, 0.2) is 11.6 Å². The zero-order chi connectivity index (χ0) is 44.1. The van der Waals surface area contributed by atoms with E-state index in [4.69, 9.17) is 26.0 Å². The van der Waals surface area contributed by atoms with Crippen LogP contribution in [0, 0.1) is 25.6 Å². The number of alkyl halides is 1. The Bertz CT molecular complexity index is 3110. The molecule has 3 aromatic carbocycles. The molecule has 1 N–H and O–H groups in total. The van der Waals surface area contributed by atoms with Gasteiger partial charge in [-0.2, -0.15) is 5.10 Å². The predicted molar refractivity (Wildman–Crippen MR) is 238 cm³/mol. The number of aromatic nitrogens is 7. The van der Waals surface area contributed by atoms with Gasteiger partial charge in [-0.1, -0.05) is 36.7 Å². The second-order valence-electron chi connectivity index (χ2n) is 17.4. The number of halogens is 2. The number of carbonyl (C=O) groups excluding carboxylic acids is 1. The lowest BCUT2D eigenvalue weighted by Gasteiger charge is -2.33. The van der Waals surface area contributed by atoms with Crippen LogP contribution in [0.5, 0.6) is 0 Å². The molecule has 14 nitrogen and oxygen atoms in total. The van der Waals surface area contributed by atoms with E-state index >= 15 is 9.18 Å². The number of ether oxygens (including phenoxy) is 1. The first-order valence-corrected chi connectivity index (χ1v) is 24.1. The summed E-state index contributed by atoms with van der Waals surface area (Å²) >= 11 is 7.56. The fraction of sp³-hybridized carbons (Fsp3) is 0.370. The SMILES string of the molecule is CCP(C)(=O)c1ccc(-n2ccn(-c3c4c(nn3-c3cc(C)c(F)c(C)c3)CCN(C(=O)c3cc5cc(C6CCOCC6)ccc5n3[C@@]3(c5noc(=O)[nH]5)C[C@@H]3C)[C@H]4Cl)c2=O)cc1. The van der Waals surface area contributed by atoms with Crippen LogP contribution in [0.4, 0.5) is 4.39 Å². The van der Waals surface area contributed by atoms with Gasteiger partial charge in [0, 0.05) is 60.9 Å². The molecule has 4 aromatic heterocycles. The Morgan fingerprint density at radius 2 is 1.70 bits per heavy atom. The summed E-state index contributed by atoms with van der Waals surface area (Å²) in [4.78, 5) is 46.7. The molecule has 0 spiro atoms. The maximum Gasteiger partial charge on any atom is 0.438 e. The highest BCUT2D eigenvalue weighted by molar-refractivity contribution is 7.70. The largest absolute Gasteiger partial charge is 0.438 e.